The molecule has 22 heavy (non-hydrogen) atoms. The maximum atomic E-state index is 14.0. The summed E-state index contributed by atoms with van der Waals surface area (Å²) < 4.78 is 59.9. The molecule has 0 spiro atoms. The lowest BCUT2D eigenvalue weighted by Crippen LogP contribution is -2.18. The second kappa shape index (κ2) is 5.22. The standard InChI is InChI=1S/C13H7ClF2N2O3S/c14-13-17-11-10(22(19,20)18-13)6-5-8(16)12(11)21-9-4-2-1-3-7(9)15/h1-6H,(H,17,18). The van der Waals surface area contributed by atoms with Gasteiger partial charge >= 0.3 is 0 Å². The summed E-state index contributed by atoms with van der Waals surface area (Å²) in [6, 6.07) is 7.25. The molecular weight excluding hydrogens is 338 g/mol. The van der Waals surface area contributed by atoms with Crippen LogP contribution in [0.4, 0.5) is 14.5 Å². The lowest BCUT2D eigenvalue weighted by molar-refractivity contribution is 0.415. The number of rotatable bonds is 2. The zero-order valence-corrected chi connectivity index (χ0v) is 12.3. The van der Waals surface area contributed by atoms with Crippen LogP contribution in [0.2, 0.25) is 0 Å². The number of hydrogen-bond donors (Lipinski definition) is 1. The van der Waals surface area contributed by atoms with Crippen molar-refractivity contribution in [1.29, 1.82) is 0 Å². The average molecular weight is 345 g/mol. The van der Waals surface area contributed by atoms with E-state index in [2.05, 4.69) is 9.71 Å². The first-order valence-electron chi connectivity index (χ1n) is 5.91. The second-order valence-electron chi connectivity index (χ2n) is 4.26. The first-order chi connectivity index (χ1) is 10.4. The second-order valence-corrected chi connectivity index (χ2v) is 6.19. The largest absolute Gasteiger partial charge is 0.449 e. The van der Waals surface area contributed by atoms with E-state index >= 15 is 0 Å². The smallest absolute Gasteiger partial charge is 0.287 e. The lowest BCUT2D eigenvalue weighted by atomic mass is 10.2. The van der Waals surface area contributed by atoms with Gasteiger partial charge in [-0.1, -0.05) is 12.1 Å². The van der Waals surface area contributed by atoms with Gasteiger partial charge in [-0.05, 0) is 35.9 Å². The van der Waals surface area contributed by atoms with Gasteiger partial charge in [-0.2, -0.15) is 8.42 Å². The van der Waals surface area contributed by atoms with Crippen molar-refractivity contribution >= 4 is 32.6 Å². The number of nitrogens with zero attached hydrogens (tertiary/aromatic N) is 1. The van der Waals surface area contributed by atoms with E-state index in [-0.39, 0.29) is 16.3 Å². The Balaban J connectivity index is 2.17. The summed E-state index contributed by atoms with van der Waals surface area (Å²) in [5.74, 6) is -2.35. The monoisotopic (exact) mass is 344 g/mol. The van der Waals surface area contributed by atoms with Gasteiger partial charge in [-0.15, -0.1) is 4.40 Å². The molecule has 0 radical (unpaired) electrons. The van der Waals surface area contributed by atoms with Crippen LogP contribution in [0.5, 0.6) is 11.5 Å². The topological polar surface area (TPSA) is 67.8 Å². The van der Waals surface area contributed by atoms with Gasteiger partial charge in [0.1, 0.15) is 10.6 Å². The number of ether oxygens (including phenoxy) is 1. The van der Waals surface area contributed by atoms with E-state index in [0.29, 0.717) is 0 Å². The Hall–Kier alpha value is -2.19. The Kier molecular flexibility index (Phi) is 3.50. The highest BCUT2D eigenvalue weighted by molar-refractivity contribution is 7.90. The molecule has 1 N–H and O–H groups in total. The normalized spacial score (nSPS) is 15.5. The number of amidine groups is 1. The molecule has 0 atom stereocenters. The van der Waals surface area contributed by atoms with Crippen molar-refractivity contribution in [3.8, 4) is 11.5 Å². The van der Waals surface area contributed by atoms with Gasteiger partial charge in [0.25, 0.3) is 10.0 Å². The summed E-state index contributed by atoms with van der Waals surface area (Å²) >= 11 is 5.60. The minimum Gasteiger partial charge on any atom is -0.449 e. The molecule has 1 aliphatic heterocycles. The van der Waals surface area contributed by atoms with Crippen LogP contribution >= 0.6 is 11.6 Å². The van der Waals surface area contributed by atoms with Crippen LogP contribution in [-0.2, 0) is 10.0 Å². The summed E-state index contributed by atoms with van der Waals surface area (Å²) in [4.78, 5) is -0.315. The number of halogens is 3. The fourth-order valence-corrected chi connectivity index (χ4v) is 3.25. The van der Waals surface area contributed by atoms with Crippen molar-refractivity contribution in [2.24, 2.45) is 4.40 Å². The van der Waals surface area contributed by atoms with Crippen LogP contribution in [0.15, 0.2) is 45.7 Å². The quantitative estimate of drug-likeness (QED) is 0.847. The number of para-hydroxylation sites is 1. The summed E-state index contributed by atoms with van der Waals surface area (Å²) in [5, 5.41) is 1.95. The molecule has 3 rings (SSSR count). The summed E-state index contributed by atoms with van der Waals surface area (Å²) in [5.41, 5.74) is -0.233. The summed E-state index contributed by atoms with van der Waals surface area (Å²) in [7, 11) is -4.08. The van der Waals surface area contributed by atoms with E-state index in [1.165, 1.54) is 18.2 Å². The van der Waals surface area contributed by atoms with Crippen molar-refractivity contribution in [2.75, 3.05) is 5.32 Å². The Morgan fingerprint density at radius 1 is 1.09 bits per heavy atom. The summed E-state index contributed by atoms with van der Waals surface area (Å²) in [6.45, 7) is 0. The zero-order valence-electron chi connectivity index (χ0n) is 10.7. The highest BCUT2D eigenvalue weighted by atomic mass is 35.5. The highest BCUT2D eigenvalue weighted by Crippen LogP contribution is 2.40. The third-order valence-corrected chi connectivity index (χ3v) is 4.42. The van der Waals surface area contributed by atoms with E-state index in [0.717, 1.165) is 18.2 Å². The third kappa shape index (κ3) is 2.51. The van der Waals surface area contributed by atoms with Crippen molar-refractivity contribution in [2.45, 2.75) is 4.90 Å². The third-order valence-electron chi connectivity index (χ3n) is 2.83. The predicted octanol–water partition coefficient (Wildman–Crippen LogP) is 3.47. The van der Waals surface area contributed by atoms with Crippen molar-refractivity contribution in [3.63, 3.8) is 0 Å². The molecule has 5 nitrogen and oxygen atoms in total. The molecular formula is C13H7ClF2N2O3S. The number of sulfonamides is 1. The van der Waals surface area contributed by atoms with Crippen LogP contribution in [0.3, 0.4) is 0 Å². The lowest BCUT2D eigenvalue weighted by Gasteiger charge is -2.19. The molecule has 0 aliphatic carbocycles. The van der Waals surface area contributed by atoms with Gasteiger partial charge in [0.05, 0.1) is 0 Å². The molecule has 2 aromatic rings. The minimum atomic E-state index is -4.08. The SMILES string of the molecule is O=S1(=O)N=C(Cl)Nc2c1ccc(F)c2Oc1ccccc1F. The molecule has 0 saturated carbocycles. The molecule has 0 saturated heterocycles. The Morgan fingerprint density at radius 2 is 1.82 bits per heavy atom. The van der Waals surface area contributed by atoms with Crippen LogP contribution in [0.25, 0.3) is 0 Å². The number of benzene rings is 2. The number of hydrogen-bond acceptors (Lipinski definition) is 4. The molecule has 114 valence electrons. The molecule has 1 aliphatic rings. The summed E-state index contributed by atoms with van der Waals surface area (Å²) in [6.07, 6.45) is 0. The van der Waals surface area contributed by atoms with Gasteiger partial charge in [0.15, 0.2) is 23.1 Å². The molecule has 0 fully saturated rings. The fourth-order valence-electron chi connectivity index (χ4n) is 1.89. The van der Waals surface area contributed by atoms with Crippen molar-refractivity contribution in [1.82, 2.24) is 0 Å². The van der Waals surface area contributed by atoms with Crippen LogP contribution in [-0.4, -0.2) is 13.7 Å². The highest BCUT2D eigenvalue weighted by Gasteiger charge is 2.29. The van der Waals surface area contributed by atoms with Crippen LogP contribution < -0.4 is 10.1 Å². The number of anilines is 1. The van der Waals surface area contributed by atoms with E-state index in [4.69, 9.17) is 16.3 Å². The van der Waals surface area contributed by atoms with Crippen LogP contribution in [0.1, 0.15) is 0 Å². The maximum absolute atomic E-state index is 14.0. The first-order valence-corrected chi connectivity index (χ1v) is 7.72. The van der Waals surface area contributed by atoms with Gasteiger partial charge in [0.2, 0.25) is 5.29 Å². The predicted molar refractivity (Wildman–Crippen MR) is 77.0 cm³/mol. The first kappa shape index (κ1) is 14.7. The van der Waals surface area contributed by atoms with Crippen molar-refractivity contribution < 1.29 is 21.9 Å². The minimum absolute atomic E-state index is 0.233. The van der Waals surface area contributed by atoms with E-state index in [1.54, 1.807) is 0 Å². The molecule has 0 aromatic heterocycles. The van der Waals surface area contributed by atoms with Gasteiger partial charge in [-0.3, -0.25) is 0 Å². The Bertz CT molecular complexity index is 900. The average Bonchev–Trinajstić information content (AvgIpc) is 2.43. The molecule has 9 heteroatoms. The molecule has 0 unspecified atom stereocenters. The fraction of sp³-hybridized carbons (Fsp3) is 0. The number of fused-ring (bicyclic) bond motifs is 1. The van der Waals surface area contributed by atoms with Gasteiger partial charge in [0, 0.05) is 0 Å². The van der Waals surface area contributed by atoms with Gasteiger partial charge in [-0.25, -0.2) is 8.78 Å². The molecule has 0 amide bonds. The number of nitrogens with one attached hydrogen (secondary N) is 1. The van der Waals surface area contributed by atoms with E-state index in [9.17, 15) is 17.2 Å². The van der Waals surface area contributed by atoms with Crippen molar-refractivity contribution in [3.05, 3.63) is 48.0 Å². The van der Waals surface area contributed by atoms with E-state index in [1.807, 2.05) is 0 Å². The van der Waals surface area contributed by atoms with Gasteiger partial charge < -0.3 is 10.1 Å². The maximum Gasteiger partial charge on any atom is 0.287 e. The van der Waals surface area contributed by atoms with Crippen LogP contribution in [0, 0.1) is 11.6 Å². The molecule has 1 heterocycles. The Labute approximate surface area is 129 Å². The molecule has 2 aromatic carbocycles. The Morgan fingerprint density at radius 3 is 2.55 bits per heavy atom. The van der Waals surface area contributed by atoms with E-state index < -0.39 is 32.7 Å². The zero-order chi connectivity index (χ0) is 15.9. The molecule has 0 bridgehead atoms.